The maximum absolute atomic E-state index is 9.34. The Bertz CT molecular complexity index is 619. The quantitative estimate of drug-likeness (QED) is 0.938. The maximum Gasteiger partial charge on any atom is 0.115 e. The number of fused-ring (bicyclic) bond motifs is 2. The van der Waals surface area contributed by atoms with Crippen molar-refractivity contribution in [2.45, 2.75) is 31.8 Å². The van der Waals surface area contributed by atoms with Crippen LogP contribution in [0.4, 0.5) is 0 Å². The predicted octanol–water partition coefficient (Wildman–Crippen LogP) is 2.74. The summed E-state index contributed by atoms with van der Waals surface area (Å²) < 4.78 is 2.04. The number of hydrogen-bond acceptors (Lipinski definition) is 3. The molecule has 0 amide bonds. The summed E-state index contributed by atoms with van der Waals surface area (Å²) in [7, 11) is 0. The van der Waals surface area contributed by atoms with Crippen molar-refractivity contribution < 1.29 is 5.11 Å². The summed E-state index contributed by atoms with van der Waals surface area (Å²) >= 11 is 0. The predicted molar refractivity (Wildman–Crippen MR) is 82.0 cm³/mol. The topological polar surface area (TPSA) is 41.3 Å². The minimum atomic E-state index is 0.301. The van der Waals surface area contributed by atoms with Gasteiger partial charge in [-0.3, -0.25) is 9.58 Å². The van der Waals surface area contributed by atoms with Crippen molar-refractivity contribution in [3.05, 3.63) is 36.7 Å². The molecule has 0 radical (unpaired) electrons. The van der Waals surface area contributed by atoms with Crippen LogP contribution in [-0.2, 0) is 6.54 Å². The summed E-state index contributed by atoms with van der Waals surface area (Å²) in [6.45, 7) is 3.36. The highest BCUT2D eigenvalue weighted by atomic mass is 16.3. The van der Waals surface area contributed by atoms with Crippen molar-refractivity contribution in [2.24, 2.45) is 5.92 Å². The highest BCUT2D eigenvalue weighted by Gasteiger charge is 2.37. The van der Waals surface area contributed by atoms with Crippen LogP contribution >= 0.6 is 0 Å². The first-order valence-electron chi connectivity index (χ1n) is 7.84. The van der Waals surface area contributed by atoms with Crippen molar-refractivity contribution >= 4 is 0 Å². The molecule has 4 rings (SSSR count). The van der Waals surface area contributed by atoms with Crippen molar-refractivity contribution in [3.8, 4) is 16.9 Å². The first kappa shape index (κ1) is 12.9. The Hall–Kier alpha value is -1.81. The second-order valence-electron chi connectivity index (χ2n) is 6.37. The SMILES string of the molecule is Oc1ccc(-c2cnn(CCN3CC4CCC3C4)c2)cc1. The molecular weight excluding hydrogens is 262 g/mol. The third kappa shape index (κ3) is 2.56. The molecule has 1 saturated carbocycles. The van der Waals surface area contributed by atoms with Crippen LogP contribution in [0.2, 0.25) is 0 Å². The average Bonchev–Trinajstić information content (AvgIpc) is 3.22. The van der Waals surface area contributed by atoms with Crippen molar-refractivity contribution in [3.63, 3.8) is 0 Å². The second kappa shape index (κ2) is 5.19. The van der Waals surface area contributed by atoms with E-state index in [1.807, 2.05) is 23.0 Å². The number of phenolic OH excluding ortho intramolecular Hbond substituents is 1. The molecule has 2 aliphatic rings. The Morgan fingerprint density at radius 3 is 2.67 bits per heavy atom. The van der Waals surface area contributed by atoms with Crippen LogP contribution in [-0.4, -0.2) is 38.9 Å². The number of aromatic nitrogens is 2. The third-order valence-electron chi connectivity index (χ3n) is 4.97. The third-order valence-corrected chi connectivity index (χ3v) is 4.97. The molecule has 2 bridgehead atoms. The van der Waals surface area contributed by atoms with E-state index < -0.39 is 0 Å². The monoisotopic (exact) mass is 283 g/mol. The number of piperidine rings is 1. The van der Waals surface area contributed by atoms with E-state index in [1.165, 1.54) is 25.8 Å². The Morgan fingerprint density at radius 1 is 1.10 bits per heavy atom. The summed E-state index contributed by atoms with van der Waals surface area (Å²) in [6.07, 6.45) is 8.25. The number of rotatable bonds is 4. The Kier molecular flexibility index (Phi) is 3.19. The van der Waals surface area contributed by atoms with E-state index in [0.717, 1.165) is 36.2 Å². The van der Waals surface area contributed by atoms with E-state index in [9.17, 15) is 5.11 Å². The lowest BCUT2D eigenvalue weighted by Gasteiger charge is -2.26. The van der Waals surface area contributed by atoms with Crippen LogP contribution < -0.4 is 0 Å². The molecule has 2 fully saturated rings. The Morgan fingerprint density at radius 2 is 1.95 bits per heavy atom. The fourth-order valence-corrected chi connectivity index (χ4v) is 3.82. The number of benzene rings is 1. The normalized spacial score (nSPS) is 24.8. The Labute approximate surface area is 125 Å². The molecule has 1 aromatic carbocycles. The second-order valence-corrected chi connectivity index (χ2v) is 6.37. The van der Waals surface area contributed by atoms with E-state index in [0.29, 0.717) is 5.75 Å². The summed E-state index contributed by atoms with van der Waals surface area (Å²) in [5.41, 5.74) is 2.21. The van der Waals surface area contributed by atoms with Gasteiger partial charge in [0, 0.05) is 30.9 Å². The van der Waals surface area contributed by atoms with Gasteiger partial charge >= 0.3 is 0 Å². The van der Waals surface area contributed by atoms with Gasteiger partial charge in [0.1, 0.15) is 5.75 Å². The van der Waals surface area contributed by atoms with Gasteiger partial charge in [-0.2, -0.15) is 5.10 Å². The molecule has 1 aliphatic heterocycles. The highest BCUT2D eigenvalue weighted by molar-refractivity contribution is 5.62. The van der Waals surface area contributed by atoms with Gasteiger partial charge in [-0.1, -0.05) is 12.1 Å². The first-order chi connectivity index (χ1) is 10.3. The zero-order valence-electron chi connectivity index (χ0n) is 12.2. The summed E-state index contributed by atoms with van der Waals surface area (Å²) in [5.74, 6) is 1.26. The lowest BCUT2D eigenvalue weighted by atomic mass is 10.1. The fourth-order valence-electron chi connectivity index (χ4n) is 3.82. The van der Waals surface area contributed by atoms with Crippen molar-refractivity contribution in [1.29, 1.82) is 0 Å². The standard InChI is InChI=1S/C17H21N3O/c21-17-5-2-14(3-6-17)15-10-18-20(12-15)8-7-19-11-13-1-4-16(19)9-13/h2-3,5-6,10,12-13,16,21H,1,4,7-9,11H2. The minimum Gasteiger partial charge on any atom is -0.508 e. The number of phenols is 1. The summed E-state index contributed by atoms with van der Waals surface area (Å²) in [4.78, 5) is 2.63. The molecule has 1 aromatic heterocycles. The molecule has 2 heterocycles. The van der Waals surface area contributed by atoms with E-state index in [2.05, 4.69) is 16.2 Å². The van der Waals surface area contributed by atoms with Gasteiger partial charge in [-0.15, -0.1) is 0 Å². The molecule has 1 saturated heterocycles. The van der Waals surface area contributed by atoms with Crippen LogP contribution in [0.3, 0.4) is 0 Å². The van der Waals surface area contributed by atoms with Gasteiger partial charge in [0.25, 0.3) is 0 Å². The number of aromatic hydroxyl groups is 1. The molecule has 4 nitrogen and oxygen atoms in total. The summed E-state index contributed by atoms with van der Waals surface area (Å²) in [6, 6.07) is 8.12. The summed E-state index contributed by atoms with van der Waals surface area (Å²) in [5, 5.41) is 13.8. The Balaban J connectivity index is 1.39. The van der Waals surface area contributed by atoms with Crippen LogP contribution in [0.25, 0.3) is 11.1 Å². The van der Waals surface area contributed by atoms with Crippen LogP contribution in [0.1, 0.15) is 19.3 Å². The van der Waals surface area contributed by atoms with Crippen molar-refractivity contribution in [2.75, 3.05) is 13.1 Å². The average molecular weight is 283 g/mol. The van der Waals surface area contributed by atoms with Crippen LogP contribution in [0.5, 0.6) is 5.75 Å². The fraction of sp³-hybridized carbons (Fsp3) is 0.471. The minimum absolute atomic E-state index is 0.301. The zero-order chi connectivity index (χ0) is 14.2. The lowest BCUT2D eigenvalue weighted by molar-refractivity contribution is 0.203. The smallest absolute Gasteiger partial charge is 0.115 e. The zero-order valence-corrected chi connectivity index (χ0v) is 12.2. The molecule has 21 heavy (non-hydrogen) atoms. The van der Waals surface area contributed by atoms with Gasteiger partial charge in [-0.05, 0) is 42.9 Å². The van der Waals surface area contributed by atoms with E-state index in [1.54, 1.807) is 12.1 Å². The van der Waals surface area contributed by atoms with E-state index >= 15 is 0 Å². The highest BCUT2D eigenvalue weighted by Crippen LogP contribution is 2.37. The largest absolute Gasteiger partial charge is 0.508 e. The first-order valence-corrected chi connectivity index (χ1v) is 7.84. The van der Waals surface area contributed by atoms with Crippen LogP contribution in [0.15, 0.2) is 36.7 Å². The van der Waals surface area contributed by atoms with Gasteiger partial charge in [0.2, 0.25) is 0 Å². The number of likely N-dealkylation sites (tertiary alicyclic amines) is 1. The van der Waals surface area contributed by atoms with Gasteiger partial charge in [0.15, 0.2) is 0 Å². The van der Waals surface area contributed by atoms with E-state index in [-0.39, 0.29) is 0 Å². The molecular formula is C17H21N3O. The van der Waals surface area contributed by atoms with Crippen molar-refractivity contribution in [1.82, 2.24) is 14.7 Å². The maximum atomic E-state index is 9.34. The molecule has 110 valence electrons. The molecule has 2 aromatic rings. The lowest BCUT2D eigenvalue weighted by Crippen LogP contribution is -2.34. The van der Waals surface area contributed by atoms with Gasteiger partial charge in [-0.25, -0.2) is 0 Å². The molecule has 2 atom stereocenters. The van der Waals surface area contributed by atoms with E-state index in [4.69, 9.17) is 0 Å². The molecule has 1 N–H and O–H groups in total. The molecule has 1 aliphatic carbocycles. The molecule has 4 heteroatoms. The van der Waals surface area contributed by atoms with Gasteiger partial charge < -0.3 is 5.11 Å². The molecule has 2 unspecified atom stereocenters. The number of nitrogens with zero attached hydrogens (tertiary/aromatic N) is 3. The van der Waals surface area contributed by atoms with Crippen LogP contribution in [0, 0.1) is 5.92 Å². The molecule has 0 spiro atoms. The van der Waals surface area contributed by atoms with Gasteiger partial charge in [0.05, 0.1) is 12.7 Å². The number of hydrogen-bond donors (Lipinski definition) is 1.